The van der Waals surface area contributed by atoms with Gasteiger partial charge in [-0.15, -0.1) is 0 Å². The predicted molar refractivity (Wildman–Crippen MR) is 51.8 cm³/mol. The maximum Gasteiger partial charge on any atom is 0.228 e. The van der Waals surface area contributed by atoms with Crippen LogP contribution in [-0.4, -0.2) is 28.8 Å². The lowest BCUT2D eigenvalue weighted by atomic mass is 10.4. The fourth-order valence-electron chi connectivity index (χ4n) is 0.966. The number of hydrogen-bond acceptors (Lipinski definition) is 5. The Kier molecular flexibility index (Phi) is 3.76. The highest BCUT2D eigenvalue weighted by Gasteiger charge is 2.22. The lowest BCUT2D eigenvalue weighted by Crippen LogP contribution is -2.33. The van der Waals surface area contributed by atoms with Gasteiger partial charge in [0.25, 0.3) is 0 Å². The second kappa shape index (κ2) is 4.86. The van der Waals surface area contributed by atoms with Crippen molar-refractivity contribution in [3.8, 4) is 6.07 Å². The Bertz CT molecular complexity index is 432. The Labute approximate surface area is 87.6 Å². The van der Waals surface area contributed by atoms with Gasteiger partial charge in [-0.05, 0) is 6.42 Å². The third kappa shape index (κ3) is 3.00. The van der Waals surface area contributed by atoms with Crippen molar-refractivity contribution in [3.63, 3.8) is 0 Å². The molecule has 0 bridgehead atoms. The molecule has 0 saturated carbocycles. The summed E-state index contributed by atoms with van der Waals surface area (Å²) in [5.74, 6) is 0.409. The number of nitrogens with zero attached hydrogens (tertiary/aromatic N) is 3. The first-order chi connectivity index (χ1) is 7.10. The molecule has 0 aliphatic carbocycles. The number of rotatable bonds is 5. The zero-order valence-electron chi connectivity index (χ0n) is 8.14. The molecule has 0 aliphatic heterocycles. The Hall–Kier alpha value is -1.46. The number of aromatic nitrogens is 3. The molecule has 0 amide bonds. The molecule has 8 heteroatoms. The Morgan fingerprint density at radius 1 is 1.73 bits per heavy atom. The van der Waals surface area contributed by atoms with Gasteiger partial charge in [-0.3, -0.25) is 5.10 Å². The van der Waals surface area contributed by atoms with Crippen LogP contribution in [0.4, 0.5) is 0 Å². The van der Waals surface area contributed by atoms with E-state index in [0.717, 1.165) is 0 Å². The zero-order chi connectivity index (χ0) is 11.3. The summed E-state index contributed by atoms with van der Waals surface area (Å²) in [6.45, 7) is 1.65. The molecule has 1 rings (SSSR count). The number of aromatic amines is 1. The Balaban J connectivity index is 2.62. The molecule has 82 valence electrons. The summed E-state index contributed by atoms with van der Waals surface area (Å²) in [6.07, 6.45) is 1.54. The second-order valence-electron chi connectivity index (χ2n) is 2.82. The largest absolute Gasteiger partial charge is 0.262 e. The highest BCUT2D eigenvalue weighted by Crippen LogP contribution is 2.03. The van der Waals surface area contributed by atoms with Crippen LogP contribution in [0.5, 0.6) is 0 Å². The first-order valence-electron chi connectivity index (χ1n) is 4.32. The van der Waals surface area contributed by atoms with Crippen molar-refractivity contribution in [3.05, 3.63) is 12.2 Å². The number of hydrogen-bond donors (Lipinski definition) is 2. The summed E-state index contributed by atoms with van der Waals surface area (Å²) in [5.41, 5.74) is 0. The van der Waals surface area contributed by atoms with E-state index in [1.165, 1.54) is 6.33 Å². The van der Waals surface area contributed by atoms with Crippen LogP contribution in [-0.2, 0) is 16.6 Å². The van der Waals surface area contributed by atoms with Crippen molar-refractivity contribution in [2.75, 3.05) is 0 Å². The van der Waals surface area contributed by atoms with E-state index in [0.29, 0.717) is 5.82 Å². The molecule has 1 aromatic rings. The van der Waals surface area contributed by atoms with Gasteiger partial charge in [-0.1, -0.05) is 6.92 Å². The zero-order valence-corrected chi connectivity index (χ0v) is 8.95. The monoisotopic (exact) mass is 229 g/mol. The topological polar surface area (TPSA) is 112 Å². The summed E-state index contributed by atoms with van der Waals surface area (Å²) >= 11 is 0. The first kappa shape index (κ1) is 11.6. The minimum absolute atomic E-state index is 0.0144. The van der Waals surface area contributed by atoms with Crippen LogP contribution in [0.2, 0.25) is 0 Å². The van der Waals surface area contributed by atoms with Crippen molar-refractivity contribution in [2.24, 2.45) is 0 Å². The summed E-state index contributed by atoms with van der Waals surface area (Å²) < 4.78 is 25.3. The molecule has 0 spiro atoms. The predicted octanol–water partition coefficient (Wildman–Crippen LogP) is -0.474. The summed E-state index contributed by atoms with van der Waals surface area (Å²) in [4.78, 5) is 3.75. The van der Waals surface area contributed by atoms with Gasteiger partial charge in [0.05, 0.1) is 12.6 Å². The maximum absolute atomic E-state index is 11.5. The van der Waals surface area contributed by atoms with Crippen molar-refractivity contribution in [1.29, 1.82) is 5.26 Å². The fraction of sp³-hybridized carbons (Fsp3) is 0.571. The van der Waals surface area contributed by atoms with Gasteiger partial charge in [-0.2, -0.15) is 10.4 Å². The summed E-state index contributed by atoms with van der Waals surface area (Å²) in [6, 6.07) is 1.73. The molecule has 7 nitrogen and oxygen atoms in total. The minimum atomic E-state index is -3.60. The van der Waals surface area contributed by atoms with Crippen molar-refractivity contribution < 1.29 is 8.42 Å². The standard InChI is InChI=1S/C7H11N5O2S/c1-2-6(3-8)15(13,14)11-4-7-9-5-10-12-7/h5-6,11H,2,4H2,1H3,(H,9,10,12). The van der Waals surface area contributed by atoms with Crippen molar-refractivity contribution >= 4 is 10.0 Å². The molecule has 1 heterocycles. The van der Waals surface area contributed by atoms with E-state index in [1.807, 2.05) is 0 Å². The molecule has 1 aromatic heterocycles. The SMILES string of the molecule is CCC(C#N)S(=O)(=O)NCc1ncn[nH]1. The Morgan fingerprint density at radius 2 is 2.47 bits per heavy atom. The molecule has 0 saturated heterocycles. The molecular formula is C7H11N5O2S. The molecule has 1 unspecified atom stereocenters. The van der Waals surface area contributed by atoms with E-state index in [9.17, 15) is 8.42 Å². The summed E-state index contributed by atoms with van der Waals surface area (Å²) in [5, 5.41) is 13.7. The van der Waals surface area contributed by atoms with Gasteiger partial charge in [0, 0.05) is 0 Å². The third-order valence-corrected chi connectivity index (χ3v) is 3.53. The van der Waals surface area contributed by atoms with E-state index in [2.05, 4.69) is 19.9 Å². The molecule has 0 aromatic carbocycles. The highest BCUT2D eigenvalue weighted by atomic mass is 32.2. The molecule has 2 N–H and O–H groups in total. The normalized spacial score (nSPS) is 13.3. The van der Waals surface area contributed by atoms with E-state index >= 15 is 0 Å². The van der Waals surface area contributed by atoms with Crippen LogP contribution in [0.1, 0.15) is 19.2 Å². The number of H-pyrrole nitrogens is 1. The molecule has 0 fully saturated rings. The van der Waals surface area contributed by atoms with E-state index < -0.39 is 15.3 Å². The van der Waals surface area contributed by atoms with Crippen LogP contribution in [0.15, 0.2) is 6.33 Å². The summed E-state index contributed by atoms with van der Waals surface area (Å²) in [7, 11) is -3.60. The number of sulfonamides is 1. The minimum Gasteiger partial charge on any atom is -0.262 e. The van der Waals surface area contributed by atoms with Gasteiger partial charge >= 0.3 is 0 Å². The van der Waals surface area contributed by atoms with Crippen LogP contribution in [0.25, 0.3) is 0 Å². The quantitative estimate of drug-likeness (QED) is 0.708. The van der Waals surface area contributed by atoms with Gasteiger partial charge in [0.1, 0.15) is 12.2 Å². The second-order valence-corrected chi connectivity index (χ2v) is 4.77. The highest BCUT2D eigenvalue weighted by molar-refractivity contribution is 7.90. The maximum atomic E-state index is 11.5. The average Bonchev–Trinajstić information content (AvgIpc) is 2.69. The molecular weight excluding hydrogens is 218 g/mol. The average molecular weight is 229 g/mol. The lowest BCUT2D eigenvalue weighted by Gasteiger charge is -2.08. The fourth-order valence-corrected chi connectivity index (χ4v) is 2.08. The number of nitriles is 1. The van der Waals surface area contributed by atoms with Gasteiger partial charge < -0.3 is 0 Å². The van der Waals surface area contributed by atoms with E-state index in [-0.39, 0.29) is 13.0 Å². The Morgan fingerprint density at radius 3 is 2.93 bits per heavy atom. The van der Waals surface area contributed by atoms with Crippen LogP contribution in [0.3, 0.4) is 0 Å². The molecule has 1 atom stereocenters. The smallest absolute Gasteiger partial charge is 0.228 e. The van der Waals surface area contributed by atoms with Gasteiger partial charge in [-0.25, -0.2) is 18.1 Å². The number of nitrogens with one attached hydrogen (secondary N) is 2. The van der Waals surface area contributed by atoms with Gasteiger partial charge in [0.2, 0.25) is 10.0 Å². The van der Waals surface area contributed by atoms with Crippen molar-refractivity contribution in [1.82, 2.24) is 19.9 Å². The molecule has 0 aliphatic rings. The first-order valence-corrected chi connectivity index (χ1v) is 5.87. The van der Waals surface area contributed by atoms with Crippen LogP contribution >= 0.6 is 0 Å². The molecule has 15 heavy (non-hydrogen) atoms. The van der Waals surface area contributed by atoms with Crippen LogP contribution < -0.4 is 4.72 Å². The third-order valence-electron chi connectivity index (χ3n) is 1.80. The van der Waals surface area contributed by atoms with Crippen molar-refractivity contribution in [2.45, 2.75) is 25.1 Å². The van der Waals surface area contributed by atoms with Gasteiger partial charge in [0.15, 0.2) is 5.25 Å². The van der Waals surface area contributed by atoms with E-state index in [4.69, 9.17) is 5.26 Å². The van der Waals surface area contributed by atoms with E-state index in [1.54, 1.807) is 13.0 Å². The lowest BCUT2D eigenvalue weighted by molar-refractivity contribution is 0.570. The van der Waals surface area contributed by atoms with Crippen LogP contribution in [0, 0.1) is 11.3 Å². The molecule has 0 radical (unpaired) electrons.